The molecule has 1 unspecified atom stereocenters. The highest BCUT2D eigenvalue weighted by Crippen LogP contribution is 2.40. The second-order valence-electron chi connectivity index (χ2n) is 13.9. The van der Waals surface area contributed by atoms with Crippen LogP contribution in [0, 0.1) is 0 Å². The summed E-state index contributed by atoms with van der Waals surface area (Å²) in [6, 6.07) is 29.2. The first-order valence-corrected chi connectivity index (χ1v) is 18.8. The van der Waals surface area contributed by atoms with Gasteiger partial charge in [0.25, 0.3) is 5.97 Å². The number of carbonyl (C=O) groups is 3. The van der Waals surface area contributed by atoms with E-state index in [1.807, 2.05) is 91.0 Å². The van der Waals surface area contributed by atoms with E-state index < -0.39 is 85.3 Å². The number of benzene rings is 3. The van der Waals surface area contributed by atoms with E-state index in [-0.39, 0.29) is 33.0 Å². The molecule has 3 aromatic carbocycles. The molecular weight excluding hydrogens is 744 g/mol. The third kappa shape index (κ3) is 11.4. The van der Waals surface area contributed by atoms with Gasteiger partial charge in [-0.2, -0.15) is 0 Å². The number of methoxy groups -OCH3 is 1. The van der Waals surface area contributed by atoms with Crippen molar-refractivity contribution >= 4 is 17.9 Å². The van der Waals surface area contributed by atoms with E-state index in [0.29, 0.717) is 0 Å². The molecule has 0 spiro atoms. The summed E-state index contributed by atoms with van der Waals surface area (Å²) in [5.41, 5.74) is 2.82. The van der Waals surface area contributed by atoms with Gasteiger partial charge in [0.1, 0.15) is 37.1 Å². The lowest BCUT2D eigenvalue weighted by Crippen LogP contribution is -2.62. The first kappa shape index (κ1) is 42.3. The summed E-state index contributed by atoms with van der Waals surface area (Å²) in [6.07, 6.45) is -9.76. The van der Waals surface area contributed by atoms with Crippen molar-refractivity contribution in [3.63, 3.8) is 0 Å². The minimum absolute atomic E-state index is 0.172. The summed E-state index contributed by atoms with van der Waals surface area (Å²) >= 11 is 0. The zero-order valence-electron chi connectivity index (χ0n) is 32.6. The van der Waals surface area contributed by atoms with Gasteiger partial charge < -0.3 is 52.1 Å². The Morgan fingerprint density at radius 3 is 1.58 bits per heavy atom. The van der Waals surface area contributed by atoms with Gasteiger partial charge in [-0.3, -0.25) is 19.1 Å². The first-order chi connectivity index (χ1) is 27.5. The molecular formula is C42H50O15. The molecule has 308 valence electrons. The molecule has 11 atom stereocenters. The van der Waals surface area contributed by atoms with Crippen molar-refractivity contribution in [1.29, 1.82) is 0 Å². The van der Waals surface area contributed by atoms with Crippen molar-refractivity contribution in [2.45, 2.75) is 115 Å². The summed E-state index contributed by atoms with van der Waals surface area (Å²) < 4.78 is 73.5. The van der Waals surface area contributed by atoms with E-state index in [1.54, 1.807) is 0 Å². The molecule has 6 rings (SSSR count). The zero-order valence-corrected chi connectivity index (χ0v) is 32.6. The van der Waals surface area contributed by atoms with Gasteiger partial charge in [0.05, 0.1) is 26.4 Å². The highest BCUT2D eigenvalue weighted by atomic mass is 16.9. The van der Waals surface area contributed by atoms with Crippen LogP contribution in [0.25, 0.3) is 0 Å². The first-order valence-electron chi connectivity index (χ1n) is 18.8. The Morgan fingerprint density at radius 2 is 1.07 bits per heavy atom. The highest BCUT2D eigenvalue weighted by molar-refractivity contribution is 5.68. The number of esters is 3. The lowest BCUT2D eigenvalue weighted by atomic mass is 9.97. The van der Waals surface area contributed by atoms with Gasteiger partial charge in [-0.1, -0.05) is 91.0 Å². The van der Waals surface area contributed by atoms with Crippen LogP contribution in [0.4, 0.5) is 0 Å². The monoisotopic (exact) mass is 794 g/mol. The van der Waals surface area contributed by atoms with Gasteiger partial charge in [0, 0.05) is 34.8 Å². The normalized spacial score (nSPS) is 30.9. The third-order valence-electron chi connectivity index (χ3n) is 9.52. The Labute approximate surface area is 331 Å². The van der Waals surface area contributed by atoms with Gasteiger partial charge in [0.2, 0.25) is 0 Å². The van der Waals surface area contributed by atoms with Crippen LogP contribution in [0.5, 0.6) is 0 Å². The van der Waals surface area contributed by atoms with Crippen LogP contribution in [0.15, 0.2) is 91.0 Å². The van der Waals surface area contributed by atoms with E-state index in [2.05, 4.69) is 0 Å². The van der Waals surface area contributed by atoms with Crippen LogP contribution >= 0.6 is 0 Å². The fourth-order valence-corrected chi connectivity index (χ4v) is 6.95. The minimum atomic E-state index is -1.80. The van der Waals surface area contributed by atoms with Crippen molar-refractivity contribution in [2.24, 2.45) is 0 Å². The third-order valence-corrected chi connectivity index (χ3v) is 9.52. The molecule has 15 heteroatoms. The van der Waals surface area contributed by atoms with E-state index in [0.717, 1.165) is 16.7 Å². The van der Waals surface area contributed by atoms with Gasteiger partial charge in [-0.15, -0.1) is 0 Å². The van der Waals surface area contributed by atoms with Gasteiger partial charge in [-0.25, -0.2) is 0 Å². The van der Waals surface area contributed by atoms with Crippen LogP contribution in [0.3, 0.4) is 0 Å². The van der Waals surface area contributed by atoms with E-state index in [1.165, 1.54) is 34.8 Å². The average molecular weight is 795 g/mol. The zero-order chi connectivity index (χ0) is 40.4. The van der Waals surface area contributed by atoms with Gasteiger partial charge in [-0.05, 0) is 16.7 Å². The molecule has 0 aromatic heterocycles. The molecule has 3 aliphatic rings. The summed E-state index contributed by atoms with van der Waals surface area (Å²) in [5.74, 6) is -3.74. The largest absolute Gasteiger partial charge is 0.463 e. The Hall–Kier alpha value is -4.29. The molecule has 0 bridgehead atoms. The lowest BCUT2D eigenvalue weighted by molar-refractivity contribution is -0.370. The Kier molecular flexibility index (Phi) is 14.8. The molecule has 57 heavy (non-hydrogen) atoms. The van der Waals surface area contributed by atoms with E-state index in [9.17, 15) is 14.4 Å². The maximum Gasteiger partial charge on any atom is 0.303 e. The highest BCUT2D eigenvalue weighted by Gasteiger charge is 2.60. The van der Waals surface area contributed by atoms with Crippen molar-refractivity contribution < 1.29 is 71.2 Å². The Balaban J connectivity index is 1.26. The number of rotatable bonds is 17. The molecule has 3 saturated heterocycles. The quantitative estimate of drug-likeness (QED) is 0.140. The molecule has 0 N–H and O–H groups in total. The lowest BCUT2D eigenvalue weighted by Gasteiger charge is -2.46. The Morgan fingerprint density at radius 1 is 0.579 bits per heavy atom. The van der Waals surface area contributed by atoms with Crippen LogP contribution in [-0.2, 0) is 91.0 Å². The summed E-state index contributed by atoms with van der Waals surface area (Å²) in [6.45, 7) is 5.37. The smallest absolute Gasteiger partial charge is 0.303 e. The molecule has 0 amide bonds. The minimum Gasteiger partial charge on any atom is -0.463 e. The summed E-state index contributed by atoms with van der Waals surface area (Å²) in [4.78, 5) is 36.2. The molecule has 0 radical (unpaired) electrons. The molecule has 3 heterocycles. The predicted octanol–water partition coefficient (Wildman–Crippen LogP) is 4.37. The van der Waals surface area contributed by atoms with Gasteiger partial charge >= 0.3 is 17.9 Å². The van der Waals surface area contributed by atoms with Crippen molar-refractivity contribution in [3.8, 4) is 0 Å². The summed E-state index contributed by atoms with van der Waals surface area (Å²) in [7, 11) is 1.52. The van der Waals surface area contributed by atoms with Crippen LogP contribution < -0.4 is 0 Å². The second-order valence-corrected chi connectivity index (χ2v) is 13.9. The predicted molar refractivity (Wildman–Crippen MR) is 197 cm³/mol. The maximum absolute atomic E-state index is 12.3. The van der Waals surface area contributed by atoms with Crippen LogP contribution in [0.2, 0.25) is 0 Å². The van der Waals surface area contributed by atoms with Gasteiger partial charge in [0.15, 0.2) is 30.9 Å². The molecule has 0 saturated carbocycles. The molecule has 3 fully saturated rings. The Bertz CT molecular complexity index is 1730. The van der Waals surface area contributed by atoms with Crippen molar-refractivity contribution in [3.05, 3.63) is 108 Å². The van der Waals surface area contributed by atoms with E-state index in [4.69, 9.17) is 56.8 Å². The fourth-order valence-electron chi connectivity index (χ4n) is 6.95. The topological polar surface area (TPSA) is 162 Å². The summed E-state index contributed by atoms with van der Waals surface area (Å²) in [5, 5.41) is 0. The number of ether oxygens (including phenoxy) is 12. The van der Waals surface area contributed by atoms with Crippen molar-refractivity contribution in [1.82, 2.24) is 0 Å². The van der Waals surface area contributed by atoms with Crippen LogP contribution in [-0.4, -0.2) is 106 Å². The molecule has 0 aliphatic carbocycles. The average Bonchev–Trinajstić information content (AvgIpc) is 3.54. The second kappa shape index (κ2) is 19.9. The number of hydrogen-bond acceptors (Lipinski definition) is 15. The number of carbonyl (C=O) groups excluding carboxylic acids is 3. The maximum atomic E-state index is 12.3. The SMILES string of the molecule is CO[C@H]1O[C@@H](COC2(C)O[C@@H]3O[C@H](COC(C)=O)[C@@H](OC(C)=O)[C@H](OC(C)=O)[C@@H]3O2)[C@H](OCc2ccccc2)[C@@H](OCc2ccccc2)[C@@H]1OCc1ccccc1. The number of fused-ring (bicyclic) bond motifs is 1. The fraction of sp³-hybridized carbons (Fsp3) is 0.500. The number of hydrogen-bond donors (Lipinski definition) is 0. The molecule has 3 aliphatic heterocycles. The van der Waals surface area contributed by atoms with Crippen molar-refractivity contribution in [2.75, 3.05) is 20.3 Å². The van der Waals surface area contributed by atoms with Crippen LogP contribution in [0.1, 0.15) is 44.4 Å². The van der Waals surface area contributed by atoms with E-state index >= 15 is 0 Å². The molecule has 15 nitrogen and oxygen atoms in total. The standard InChI is InChI=1S/C42H50O15/c1-26(43)47-24-32-35(52-27(2)44)37(53-28(3)45)39-41(55-32)57-42(4,56-39)51-25-33-34(48-21-29-15-9-6-10-16-29)36(49-22-30-17-11-7-12-18-30)38(40(46-5)54-33)50-23-31-19-13-8-14-20-31/h6-20,32-41H,21-25H2,1-5H3/t32-,33+,34+,35-,36-,37+,38+,39+,40+,41+,42?/m1/s1. The molecule has 3 aromatic rings.